The van der Waals surface area contributed by atoms with Gasteiger partial charge in [0.15, 0.2) is 0 Å². The Labute approximate surface area is 161 Å². The lowest BCUT2D eigenvalue weighted by atomic mass is 10.00. The van der Waals surface area contributed by atoms with Crippen molar-refractivity contribution in [3.63, 3.8) is 0 Å². The monoisotopic (exact) mass is 369 g/mol. The number of nitrogens with one attached hydrogen (secondary N) is 1. The summed E-state index contributed by atoms with van der Waals surface area (Å²) < 4.78 is 13.2. The zero-order chi connectivity index (χ0) is 19.1. The van der Waals surface area contributed by atoms with Crippen molar-refractivity contribution in [1.82, 2.24) is 15.1 Å². The van der Waals surface area contributed by atoms with E-state index in [1.54, 1.807) is 0 Å². The number of nitrogens with zero attached hydrogens (tertiary/aromatic N) is 2. The molecule has 1 unspecified atom stereocenters. The van der Waals surface area contributed by atoms with Gasteiger partial charge < -0.3 is 10.2 Å². The Kier molecular flexibility index (Phi) is 6.82. The third-order valence-electron chi connectivity index (χ3n) is 5.15. The summed E-state index contributed by atoms with van der Waals surface area (Å²) in [4.78, 5) is 16.7. The third kappa shape index (κ3) is 5.30. The van der Waals surface area contributed by atoms with Gasteiger partial charge >= 0.3 is 6.03 Å². The molecule has 2 aromatic carbocycles. The summed E-state index contributed by atoms with van der Waals surface area (Å²) in [7, 11) is 0. The predicted octanol–water partition coefficient (Wildman–Crippen LogP) is 4.19. The fourth-order valence-corrected chi connectivity index (χ4v) is 3.64. The van der Waals surface area contributed by atoms with Gasteiger partial charge in [-0.05, 0) is 29.7 Å². The molecule has 1 heterocycles. The first-order valence-electron chi connectivity index (χ1n) is 9.73. The number of hydrogen-bond acceptors (Lipinski definition) is 2. The fourth-order valence-electron chi connectivity index (χ4n) is 3.64. The van der Waals surface area contributed by atoms with Crippen LogP contribution in [0.15, 0.2) is 54.6 Å². The number of carbonyl (C=O) groups excluding carboxylic acids is 1. The summed E-state index contributed by atoms with van der Waals surface area (Å²) in [5.41, 5.74) is 2.25. The van der Waals surface area contributed by atoms with Crippen LogP contribution in [0.1, 0.15) is 36.9 Å². The lowest BCUT2D eigenvalue weighted by Crippen LogP contribution is -2.52. The molecule has 0 aromatic heterocycles. The molecule has 1 N–H and O–H groups in total. The number of hydrogen-bond donors (Lipinski definition) is 1. The molecule has 4 nitrogen and oxygen atoms in total. The Morgan fingerprint density at radius 1 is 1.04 bits per heavy atom. The second kappa shape index (κ2) is 9.51. The van der Waals surface area contributed by atoms with Crippen LogP contribution < -0.4 is 5.32 Å². The summed E-state index contributed by atoms with van der Waals surface area (Å²) in [6.07, 6.45) is 2.10. The quantitative estimate of drug-likeness (QED) is 0.829. The minimum Gasteiger partial charge on any atom is -0.334 e. The van der Waals surface area contributed by atoms with Crippen LogP contribution in [-0.4, -0.2) is 42.0 Å². The lowest BCUT2D eigenvalue weighted by Gasteiger charge is -2.39. The van der Waals surface area contributed by atoms with Gasteiger partial charge in [-0.25, -0.2) is 9.18 Å². The largest absolute Gasteiger partial charge is 0.334 e. The number of urea groups is 1. The van der Waals surface area contributed by atoms with Crippen LogP contribution in [0.2, 0.25) is 0 Å². The average molecular weight is 369 g/mol. The zero-order valence-electron chi connectivity index (χ0n) is 15.9. The van der Waals surface area contributed by atoms with E-state index < -0.39 is 0 Å². The van der Waals surface area contributed by atoms with E-state index in [-0.39, 0.29) is 17.9 Å². The number of carbonyl (C=O) groups is 1. The van der Waals surface area contributed by atoms with Crippen molar-refractivity contribution in [2.45, 2.75) is 32.4 Å². The molecule has 27 heavy (non-hydrogen) atoms. The first-order valence-corrected chi connectivity index (χ1v) is 9.73. The maximum Gasteiger partial charge on any atom is 0.317 e. The van der Waals surface area contributed by atoms with Gasteiger partial charge in [0.1, 0.15) is 5.82 Å². The van der Waals surface area contributed by atoms with Crippen molar-refractivity contribution in [2.75, 3.05) is 26.2 Å². The highest BCUT2D eigenvalue weighted by Crippen LogP contribution is 2.27. The first-order chi connectivity index (χ1) is 13.2. The average Bonchev–Trinajstić information content (AvgIpc) is 2.72. The van der Waals surface area contributed by atoms with Gasteiger partial charge in [-0.1, -0.05) is 55.8 Å². The molecular weight excluding hydrogens is 341 g/mol. The molecule has 2 amide bonds. The van der Waals surface area contributed by atoms with E-state index in [0.29, 0.717) is 19.6 Å². The van der Waals surface area contributed by atoms with Gasteiger partial charge in [0, 0.05) is 38.8 Å². The second-order valence-electron chi connectivity index (χ2n) is 7.02. The van der Waals surface area contributed by atoms with Gasteiger partial charge in [-0.2, -0.15) is 0 Å². The Bertz CT molecular complexity index is 712. The van der Waals surface area contributed by atoms with Gasteiger partial charge in [0.25, 0.3) is 0 Å². The molecule has 1 atom stereocenters. The normalized spacial score (nSPS) is 16.1. The molecule has 3 rings (SSSR count). The van der Waals surface area contributed by atoms with Crippen LogP contribution in [0.5, 0.6) is 0 Å². The number of piperazine rings is 1. The van der Waals surface area contributed by atoms with Crippen LogP contribution in [0.4, 0.5) is 9.18 Å². The standard InChI is InChI=1S/C22H28FN3O/c1-2-6-21(19-9-11-20(23)12-10-19)25-13-15-26(16-14-25)22(27)24-17-18-7-4-3-5-8-18/h3-5,7-12,21H,2,6,13-17H2,1H3,(H,24,27). The van der Waals surface area contributed by atoms with Crippen molar-refractivity contribution in [2.24, 2.45) is 0 Å². The molecule has 1 saturated heterocycles. The van der Waals surface area contributed by atoms with E-state index in [1.165, 1.54) is 12.1 Å². The van der Waals surface area contributed by atoms with Crippen LogP contribution in [0.3, 0.4) is 0 Å². The Morgan fingerprint density at radius 2 is 1.70 bits per heavy atom. The number of rotatable bonds is 6. The maximum absolute atomic E-state index is 13.2. The Balaban J connectivity index is 1.53. The summed E-state index contributed by atoms with van der Waals surface area (Å²) in [6, 6.07) is 17.1. The molecule has 2 aromatic rings. The number of benzene rings is 2. The highest BCUT2D eigenvalue weighted by atomic mass is 19.1. The predicted molar refractivity (Wildman–Crippen MR) is 106 cm³/mol. The van der Waals surface area contributed by atoms with Crippen molar-refractivity contribution in [1.29, 1.82) is 0 Å². The smallest absolute Gasteiger partial charge is 0.317 e. The molecule has 5 heteroatoms. The van der Waals surface area contributed by atoms with Crippen LogP contribution in [-0.2, 0) is 6.54 Å². The molecule has 0 bridgehead atoms. The topological polar surface area (TPSA) is 35.6 Å². The SMILES string of the molecule is CCCC(c1ccc(F)cc1)N1CCN(C(=O)NCc2ccccc2)CC1. The van der Waals surface area contributed by atoms with E-state index in [2.05, 4.69) is 17.1 Å². The van der Waals surface area contributed by atoms with Gasteiger partial charge in [0.2, 0.25) is 0 Å². The molecule has 1 fully saturated rings. The number of halogens is 1. The molecule has 0 saturated carbocycles. The molecule has 0 spiro atoms. The zero-order valence-corrected chi connectivity index (χ0v) is 15.9. The van der Waals surface area contributed by atoms with E-state index in [4.69, 9.17) is 0 Å². The Hall–Kier alpha value is -2.40. The summed E-state index contributed by atoms with van der Waals surface area (Å²) in [6.45, 7) is 5.81. The summed E-state index contributed by atoms with van der Waals surface area (Å²) in [5, 5.41) is 3.00. The molecule has 0 aliphatic carbocycles. The molecule has 1 aliphatic rings. The summed E-state index contributed by atoms with van der Waals surface area (Å²) >= 11 is 0. The highest BCUT2D eigenvalue weighted by molar-refractivity contribution is 5.74. The summed E-state index contributed by atoms with van der Waals surface area (Å²) in [5.74, 6) is -0.200. The van der Waals surface area contributed by atoms with Gasteiger partial charge in [-0.3, -0.25) is 4.90 Å². The van der Waals surface area contributed by atoms with E-state index in [0.717, 1.165) is 37.1 Å². The molecule has 0 radical (unpaired) electrons. The van der Waals surface area contributed by atoms with Gasteiger partial charge in [0.05, 0.1) is 0 Å². The maximum atomic E-state index is 13.2. The van der Waals surface area contributed by atoms with E-state index in [1.807, 2.05) is 47.4 Å². The highest BCUT2D eigenvalue weighted by Gasteiger charge is 2.26. The van der Waals surface area contributed by atoms with Crippen molar-refractivity contribution in [3.05, 3.63) is 71.5 Å². The van der Waals surface area contributed by atoms with Gasteiger partial charge in [-0.15, -0.1) is 0 Å². The second-order valence-corrected chi connectivity index (χ2v) is 7.02. The molecular formula is C22H28FN3O. The van der Waals surface area contributed by atoms with Crippen LogP contribution in [0, 0.1) is 5.82 Å². The van der Waals surface area contributed by atoms with Crippen LogP contribution >= 0.6 is 0 Å². The van der Waals surface area contributed by atoms with Crippen LogP contribution in [0.25, 0.3) is 0 Å². The minimum atomic E-state index is -0.200. The van der Waals surface area contributed by atoms with E-state index >= 15 is 0 Å². The minimum absolute atomic E-state index is 0.00710. The first kappa shape index (κ1) is 19.4. The third-order valence-corrected chi connectivity index (χ3v) is 5.15. The molecule has 144 valence electrons. The van der Waals surface area contributed by atoms with Crippen molar-refractivity contribution < 1.29 is 9.18 Å². The lowest BCUT2D eigenvalue weighted by molar-refractivity contribution is 0.103. The Morgan fingerprint density at radius 3 is 2.33 bits per heavy atom. The van der Waals surface area contributed by atoms with Crippen molar-refractivity contribution in [3.8, 4) is 0 Å². The molecule has 1 aliphatic heterocycles. The van der Waals surface area contributed by atoms with E-state index in [9.17, 15) is 9.18 Å². The number of amides is 2. The fraction of sp³-hybridized carbons (Fsp3) is 0.409. The van der Waals surface area contributed by atoms with Crippen molar-refractivity contribution >= 4 is 6.03 Å².